The molecule has 4 aromatic rings. The number of amides is 1. The zero-order valence-corrected chi connectivity index (χ0v) is 17.0. The van der Waals surface area contributed by atoms with Crippen molar-refractivity contribution in [2.45, 2.75) is 19.5 Å². The van der Waals surface area contributed by atoms with Gasteiger partial charge < -0.3 is 5.32 Å². The van der Waals surface area contributed by atoms with Crippen molar-refractivity contribution in [3.63, 3.8) is 0 Å². The minimum Gasteiger partial charge on any atom is -0.322 e. The molecule has 1 amide bonds. The van der Waals surface area contributed by atoms with Crippen molar-refractivity contribution < 1.29 is 9.18 Å². The predicted molar refractivity (Wildman–Crippen MR) is 120 cm³/mol. The first-order valence-electron chi connectivity index (χ1n) is 10.4. The number of pyridine rings is 1. The number of nitrogens with zero attached hydrogens (tertiary/aromatic N) is 2. The quantitative estimate of drug-likeness (QED) is 0.503. The van der Waals surface area contributed by atoms with Crippen molar-refractivity contribution in [3.8, 4) is 0 Å². The number of nitrogens with one attached hydrogen (secondary N) is 1. The summed E-state index contributed by atoms with van der Waals surface area (Å²) in [7, 11) is 0. The van der Waals surface area contributed by atoms with Gasteiger partial charge in [0.1, 0.15) is 5.82 Å². The molecule has 0 spiro atoms. The highest BCUT2D eigenvalue weighted by Crippen LogP contribution is 2.28. The number of benzene rings is 3. The lowest BCUT2D eigenvalue weighted by Gasteiger charge is -2.30. The van der Waals surface area contributed by atoms with Crippen LogP contribution in [0, 0.1) is 5.82 Å². The molecule has 1 aliphatic rings. The van der Waals surface area contributed by atoms with E-state index in [4.69, 9.17) is 0 Å². The van der Waals surface area contributed by atoms with E-state index in [-0.39, 0.29) is 11.7 Å². The molecule has 0 fully saturated rings. The van der Waals surface area contributed by atoms with Crippen molar-refractivity contribution in [3.05, 3.63) is 107 Å². The number of fused-ring (bicyclic) bond motifs is 2. The van der Waals surface area contributed by atoms with Gasteiger partial charge >= 0.3 is 0 Å². The van der Waals surface area contributed by atoms with Gasteiger partial charge in [-0.3, -0.25) is 14.7 Å². The topological polar surface area (TPSA) is 45.2 Å². The Balaban J connectivity index is 1.34. The summed E-state index contributed by atoms with van der Waals surface area (Å²) in [5.41, 5.74) is 5.97. The monoisotopic (exact) mass is 411 g/mol. The first kappa shape index (κ1) is 19.4. The van der Waals surface area contributed by atoms with E-state index in [1.54, 1.807) is 0 Å². The van der Waals surface area contributed by atoms with Crippen LogP contribution in [0.3, 0.4) is 0 Å². The van der Waals surface area contributed by atoms with Crippen LogP contribution in [-0.4, -0.2) is 22.3 Å². The first-order chi connectivity index (χ1) is 15.2. The largest absolute Gasteiger partial charge is 0.322 e. The molecule has 0 radical (unpaired) electrons. The maximum absolute atomic E-state index is 13.1. The molecule has 0 bridgehead atoms. The van der Waals surface area contributed by atoms with E-state index in [0.29, 0.717) is 5.56 Å². The second kappa shape index (κ2) is 8.28. The Morgan fingerprint density at radius 3 is 2.71 bits per heavy atom. The van der Waals surface area contributed by atoms with E-state index in [2.05, 4.69) is 39.5 Å². The third-order valence-electron chi connectivity index (χ3n) is 5.83. The van der Waals surface area contributed by atoms with Crippen LogP contribution in [0.5, 0.6) is 0 Å². The van der Waals surface area contributed by atoms with Gasteiger partial charge in [0.25, 0.3) is 5.91 Å². The van der Waals surface area contributed by atoms with Gasteiger partial charge in [-0.05, 0) is 65.6 Å². The summed E-state index contributed by atoms with van der Waals surface area (Å²) in [6.45, 7) is 2.59. The van der Waals surface area contributed by atoms with Crippen LogP contribution in [0.4, 0.5) is 10.1 Å². The molecule has 1 N–H and O–H groups in total. The number of aromatic nitrogens is 1. The van der Waals surface area contributed by atoms with E-state index in [0.717, 1.165) is 37.3 Å². The summed E-state index contributed by atoms with van der Waals surface area (Å²) in [5.74, 6) is -0.574. The minimum atomic E-state index is -0.351. The average Bonchev–Trinajstić information content (AvgIpc) is 2.80. The number of anilines is 1. The number of halogens is 1. The van der Waals surface area contributed by atoms with E-state index in [9.17, 15) is 9.18 Å². The Kier molecular flexibility index (Phi) is 5.18. The highest BCUT2D eigenvalue weighted by Gasteiger charge is 2.20. The average molecular weight is 411 g/mol. The van der Waals surface area contributed by atoms with E-state index < -0.39 is 0 Å². The molecular formula is C26H22FN3O. The zero-order chi connectivity index (χ0) is 21.2. The second-order valence-corrected chi connectivity index (χ2v) is 7.85. The van der Waals surface area contributed by atoms with Crippen LogP contribution in [0.15, 0.2) is 79.0 Å². The molecule has 5 heteroatoms. The molecule has 0 saturated carbocycles. The molecule has 154 valence electrons. The molecule has 31 heavy (non-hydrogen) atoms. The summed E-state index contributed by atoms with van der Waals surface area (Å²) in [6.07, 6.45) is 2.73. The fraction of sp³-hybridized carbons (Fsp3) is 0.154. The lowest BCUT2D eigenvalue weighted by Crippen LogP contribution is -2.31. The lowest BCUT2D eigenvalue weighted by molar-refractivity contribution is 0.102. The summed E-state index contributed by atoms with van der Waals surface area (Å²) in [4.78, 5) is 19.5. The second-order valence-electron chi connectivity index (χ2n) is 7.85. The molecule has 0 aliphatic carbocycles. The highest BCUT2D eigenvalue weighted by molar-refractivity contribution is 6.04. The maximum Gasteiger partial charge on any atom is 0.255 e. The van der Waals surface area contributed by atoms with Crippen molar-refractivity contribution in [2.75, 3.05) is 11.9 Å². The number of rotatable bonds is 4. The van der Waals surface area contributed by atoms with Crippen LogP contribution in [0.25, 0.3) is 10.9 Å². The van der Waals surface area contributed by atoms with Crippen LogP contribution in [-0.2, 0) is 19.5 Å². The summed E-state index contributed by atoms with van der Waals surface area (Å²) >= 11 is 0. The lowest BCUT2D eigenvalue weighted by atomic mass is 9.96. The Hall–Kier alpha value is -3.57. The van der Waals surface area contributed by atoms with E-state index in [1.807, 2.05) is 30.5 Å². The van der Waals surface area contributed by atoms with Gasteiger partial charge in [0.2, 0.25) is 0 Å². The van der Waals surface area contributed by atoms with Gasteiger partial charge in [0.15, 0.2) is 0 Å². The van der Waals surface area contributed by atoms with E-state index in [1.165, 1.54) is 46.3 Å². The summed E-state index contributed by atoms with van der Waals surface area (Å²) in [5, 5.41) is 4.20. The third-order valence-corrected chi connectivity index (χ3v) is 5.83. The van der Waals surface area contributed by atoms with Gasteiger partial charge in [-0.15, -0.1) is 0 Å². The molecule has 2 heterocycles. The number of hydrogen-bond donors (Lipinski definition) is 1. The maximum atomic E-state index is 13.1. The first-order valence-corrected chi connectivity index (χ1v) is 10.4. The smallest absolute Gasteiger partial charge is 0.255 e. The van der Waals surface area contributed by atoms with Crippen molar-refractivity contribution >= 4 is 22.5 Å². The molecule has 5 rings (SSSR count). The van der Waals surface area contributed by atoms with Crippen molar-refractivity contribution in [2.24, 2.45) is 0 Å². The fourth-order valence-electron chi connectivity index (χ4n) is 4.25. The van der Waals surface area contributed by atoms with Crippen LogP contribution < -0.4 is 5.32 Å². The molecule has 0 unspecified atom stereocenters. The zero-order valence-electron chi connectivity index (χ0n) is 17.0. The van der Waals surface area contributed by atoms with Gasteiger partial charge in [-0.2, -0.15) is 0 Å². The number of hydrogen-bond acceptors (Lipinski definition) is 3. The number of para-hydroxylation sites is 1. The van der Waals surface area contributed by atoms with Gasteiger partial charge in [0, 0.05) is 42.5 Å². The Labute approximate surface area is 180 Å². The third kappa shape index (κ3) is 4.05. The molecule has 0 atom stereocenters. The molecule has 1 aromatic heterocycles. The Morgan fingerprint density at radius 1 is 1.00 bits per heavy atom. The number of carbonyl (C=O) groups excluding carboxylic acids is 1. The highest BCUT2D eigenvalue weighted by atomic mass is 19.1. The molecule has 3 aromatic carbocycles. The van der Waals surface area contributed by atoms with Crippen molar-refractivity contribution in [1.29, 1.82) is 0 Å². The molecule has 0 saturated heterocycles. The van der Waals surface area contributed by atoms with Gasteiger partial charge in [0.05, 0.1) is 5.52 Å². The number of carbonyl (C=O) groups is 1. The SMILES string of the molecule is O=C(Nc1cccc2c1CCN(Cc1ccnc3ccccc13)C2)c1ccc(F)cc1. The van der Waals surface area contributed by atoms with Gasteiger partial charge in [-0.25, -0.2) is 4.39 Å². The van der Waals surface area contributed by atoms with E-state index >= 15 is 0 Å². The van der Waals surface area contributed by atoms with Crippen LogP contribution >= 0.6 is 0 Å². The fourth-order valence-corrected chi connectivity index (χ4v) is 4.25. The van der Waals surface area contributed by atoms with Gasteiger partial charge in [-0.1, -0.05) is 30.3 Å². The minimum absolute atomic E-state index is 0.223. The standard InChI is InChI=1S/C26H22FN3O/c27-21-10-8-18(9-11-21)26(31)29-25-7-3-4-19-16-30(15-13-23(19)25)17-20-12-14-28-24-6-2-1-5-22(20)24/h1-12,14H,13,15-17H2,(H,29,31). The Bertz CT molecular complexity index is 1250. The molecular weight excluding hydrogens is 389 g/mol. The normalized spacial score (nSPS) is 13.7. The molecule has 1 aliphatic heterocycles. The summed E-state index contributed by atoms with van der Waals surface area (Å²) in [6, 6.07) is 22.0. The Morgan fingerprint density at radius 2 is 1.84 bits per heavy atom. The van der Waals surface area contributed by atoms with Crippen molar-refractivity contribution in [1.82, 2.24) is 9.88 Å². The summed E-state index contributed by atoms with van der Waals surface area (Å²) < 4.78 is 13.1. The van der Waals surface area contributed by atoms with Crippen LogP contribution in [0.2, 0.25) is 0 Å². The molecule has 4 nitrogen and oxygen atoms in total. The van der Waals surface area contributed by atoms with Crippen LogP contribution in [0.1, 0.15) is 27.0 Å². The predicted octanol–water partition coefficient (Wildman–Crippen LogP) is 5.18.